The van der Waals surface area contributed by atoms with Crippen molar-refractivity contribution in [2.45, 2.75) is 32.9 Å². The topological polar surface area (TPSA) is 50.2 Å². The molecule has 0 radical (unpaired) electrons. The van der Waals surface area contributed by atoms with Crippen molar-refractivity contribution >= 4 is 10.9 Å². The van der Waals surface area contributed by atoms with Crippen molar-refractivity contribution in [2.75, 3.05) is 7.05 Å². The molecule has 3 rings (SSSR count). The van der Waals surface area contributed by atoms with Gasteiger partial charge in [0, 0.05) is 5.56 Å². The summed E-state index contributed by atoms with van der Waals surface area (Å²) in [6.07, 6.45) is 1.06. The first-order chi connectivity index (χ1) is 11.6. The number of rotatable bonds is 5. The number of aromatic amines is 1. The molecule has 0 saturated heterocycles. The molecule has 0 amide bonds. The summed E-state index contributed by atoms with van der Waals surface area (Å²) in [6, 6.07) is 16.3. The van der Waals surface area contributed by atoms with Crippen LogP contribution in [0.25, 0.3) is 10.9 Å². The van der Waals surface area contributed by atoms with Crippen LogP contribution in [0, 0.1) is 0 Å². The van der Waals surface area contributed by atoms with Crippen LogP contribution >= 0.6 is 0 Å². The number of nitrogens with one attached hydrogen (secondary N) is 2. The number of nitrogens with zero attached hydrogens (tertiary/aromatic N) is 1. The maximum Gasteiger partial charge on any atom is 0.258 e. The van der Waals surface area contributed by atoms with Crippen molar-refractivity contribution in [3.63, 3.8) is 0 Å². The van der Waals surface area contributed by atoms with E-state index in [0.717, 1.165) is 24.3 Å². The van der Waals surface area contributed by atoms with Gasteiger partial charge in [-0.25, -0.2) is 4.98 Å². The fraction of sp³-hybridized carbons (Fsp3) is 0.300. The van der Waals surface area contributed by atoms with Gasteiger partial charge in [0.15, 0.2) is 5.82 Å². The molecule has 4 heteroatoms. The summed E-state index contributed by atoms with van der Waals surface area (Å²) < 4.78 is 0. The number of quaternary nitrogens is 1. The molecule has 0 spiro atoms. The van der Waals surface area contributed by atoms with Gasteiger partial charge in [-0.05, 0) is 31.0 Å². The molecule has 4 nitrogen and oxygen atoms in total. The fourth-order valence-corrected chi connectivity index (χ4v) is 2.91. The minimum absolute atomic E-state index is 0.0671. The average molecular weight is 322 g/mol. The molecule has 0 aliphatic carbocycles. The van der Waals surface area contributed by atoms with Crippen LogP contribution in [0.2, 0.25) is 0 Å². The van der Waals surface area contributed by atoms with Gasteiger partial charge in [0.1, 0.15) is 12.6 Å². The quantitative estimate of drug-likeness (QED) is 0.757. The molecule has 1 heterocycles. The molecule has 0 aliphatic heterocycles. The first-order valence-electron chi connectivity index (χ1n) is 8.47. The van der Waals surface area contributed by atoms with Gasteiger partial charge in [0.25, 0.3) is 5.56 Å². The van der Waals surface area contributed by atoms with Crippen LogP contribution in [0.1, 0.15) is 36.8 Å². The third-order valence-corrected chi connectivity index (χ3v) is 4.69. The normalized spacial score (nSPS) is 13.8. The largest absolute Gasteiger partial charge is 0.325 e. The third-order valence-electron chi connectivity index (χ3n) is 4.69. The van der Waals surface area contributed by atoms with E-state index in [9.17, 15) is 4.79 Å². The van der Waals surface area contributed by atoms with Crippen molar-refractivity contribution in [3.05, 3.63) is 75.8 Å². The Hall–Kier alpha value is -2.46. The van der Waals surface area contributed by atoms with Crippen LogP contribution in [0.15, 0.2) is 53.3 Å². The predicted molar refractivity (Wildman–Crippen MR) is 97.2 cm³/mol. The molecule has 2 atom stereocenters. The Kier molecular flexibility index (Phi) is 4.76. The average Bonchev–Trinajstić information content (AvgIpc) is 2.61. The number of fused-ring (bicyclic) bond motifs is 1. The Morgan fingerprint density at radius 1 is 1.08 bits per heavy atom. The maximum absolute atomic E-state index is 12.3. The zero-order chi connectivity index (χ0) is 17.1. The van der Waals surface area contributed by atoms with E-state index in [1.165, 1.54) is 16.0 Å². The van der Waals surface area contributed by atoms with Gasteiger partial charge in [-0.1, -0.05) is 43.3 Å². The van der Waals surface area contributed by atoms with E-state index in [-0.39, 0.29) is 11.6 Å². The summed E-state index contributed by atoms with van der Waals surface area (Å²) in [5, 5.41) is 0.640. The van der Waals surface area contributed by atoms with Crippen LogP contribution < -0.4 is 10.5 Å². The van der Waals surface area contributed by atoms with Crippen LogP contribution in [0.3, 0.4) is 0 Å². The highest BCUT2D eigenvalue weighted by atomic mass is 16.1. The summed E-state index contributed by atoms with van der Waals surface area (Å²) >= 11 is 0. The molecule has 124 valence electrons. The Bertz CT molecular complexity index is 883. The van der Waals surface area contributed by atoms with E-state index in [1.54, 1.807) is 0 Å². The molecule has 24 heavy (non-hydrogen) atoms. The molecule has 2 N–H and O–H groups in total. The minimum Gasteiger partial charge on any atom is -0.325 e. The van der Waals surface area contributed by atoms with E-state index in [0.29, 0.717) is 5.39 Å². The van der Waals surface area contributed by atoms with E-state index in [4.69, 9.17) is 0 Å². The van der Waals surface area contributed by atoms with Crippen molar-refractivity contribution in [1.29, 1.82) is 0 Å². The first-order valence-corrected chi connectivity index (χ1v) is 8.47. The first kappa shape index (κ1) is 16.4. The second-order valence-corrected chi connectivity index (χ2v) is 6.38. The van der Waals surface area contributed by atoms with E-state index in [2.05, 4.69) is 55.1 Å². The SMILES string of the molecule is CCc1ccc(C[NH+](C)[C@@H](C)c2nc3ccccc3c(=O)[nH]2)cc1. The van der Waals surface area contributed by atoms with E-state index in [1.807, 2.05) is 24.3 Å². The molecular formula is C20H24N3O+. The summed E-state index contributed by atoms with van der Waals surface area (Å²) in [6.45, 7) is 5.15. The van der Waals surface area contributed by atoms with Crippen molar-refractivity contribution in [2.24, 2.45) is 0 Å². The summed E-state index contributed by atoms with van der Waals surface area (Å²) in [5.41, 5.74) is 3.33. The van der Waals surface area contributed by atoms with Gasteiger partial charge in [-0.3, -0.25) is 4.79 Å². The number of benzene rings is 2. The van der Waals surface area contributed by atoms with Gasteiger partial charge in [0.2, 0.25) is 0 Å². The van der Waals surface area contributed by atoms with Gasteiger partial charge in [-0.2, -0.15) is 0 Å². The van der Waals surface area contributed by atoms with Gasteiger partial charge in [-0.15, -0.1) is 0 Å². The minimum atomic E-state index is -0.0671. The highest BCUT2D eigenvalue weighted by Gasteiger charge is 2.19. The summed E-state index contributed by atoms with van der Waals surface area (Å²) in [4.78, 5) is 21.1. The second kappa shape index (κ2) is 6.97. The lowest BCUT2D eigenvalue weighted by Crippen LogP contribution is -3.07. The predicted octanol–water partition coefficient (Wildman–Crippen LogP) is 2.26. The van der Waals surface area contributed by atoms with Crippen LogP contribution in [0.4, 0.5) is 0 Å². The summed E-state index contributed by atoms with van der Waals surface area (Å²) in [7, 11) is 2.13. The molecule has 0 fully saturated rings. The van der Waals surface area contributed by atoms with Crippen molar-refractivity contribution in [1.82, 2.24) is 9.97 Å². The third kappa shape index (κ3) is 3.39. The standard InChI is InChI=1S/C20H23N3O/c1-4-15-9-11-16(12-10-15)13-23(3)14(2)19-21-18-8-6-5-7-17(18)20(24)22-19/h5-12,14H,4,13H2,1-3H3,(H,21,22,24)/p+1/t14-/m0/s1. The molecule has 0 bridgehead atoms. The Morgan fingerprint density at radius 2 is 1.75 bits per heavy atom. The smallest absolute Gasteiger partial charge is 0.258 e. The zero-order valence-corrected chi connectivity index (χ0v) is 14.5. The number of aromatic nitrogens is 2. The lowest BCUT2D eigenvalue weighted by Gasteiger charge is -2.21. The molecule has 1 aromatic heterocycles. The van der Waals surface area contributed by atoms with Crippen molar-refractivity contribution < 1.29 is 4.90 Å². The Balaban J connectivity index is 1.82. The number of hydrogen-bond donors (Lipinski definition) is 2. The summed E-state index contributed by atoms with van der Waals surface area (Å²) in [5.74, 6) is 0.737. The molecule has 3 aromatic rings. The highest BCUT2D eigenvalue weighted by molar-refractivity contribution is 5.77. The molecular weight excluding hydrogens is 298 g/mol. The molecule has 2 aromatic carbocycles. The Morgan fingerprint density at radius 3 is 2.46 bits per heavy atom. The van der Waals surface area contributed by atoms with Gasteiger partial charge >= 0.3 is 0 Å². The number of aryl methyl sites for hydroxylation is 1. The second-order valence-electron chi connectivity index (χ2n) is 6.38. The number of hydrogen-bond acceptors (Lipinski definition) is 2. The lowest BCUT2D eigenvalue weighted by molar-refractivity contribution is -0.924. The van der Waals surface area contributed by atoms with E-state index >= 15 is 0 Å². The van der Waals surface area contributed by atoms with Gasteiger partial charge < -0.3 is 9.88 Å². The molecule has 0 aliphatic rings. The molecule has 1 unspecified atom stereocenters. The Labute approximate surface area is 142 Å². The van der Waals surface area contributed by atoms with Gasteiger partial charge in [0.05, 0.1) is 18.0 Å². The fourth-order valence-electron chi connectivity index (χ4n) is 2.91. The van der Waals surface area contributed by atoms with E-state index < -0.39 is 0 Å². The maximum atomic E-state index is 12.3. The lowest BCUT2D eigenvalue weighted by atomic mass is 10.1. The zero-order valence-electron chi connectivity index (χ0n) is 14.5. The van der Waals surface area contributed by atoms with Crippen LogP contribution in [0.5, 0.6) is 0 Å². The van der Waals surface area contributed by atoms with Crippen LogP contribution in [-0.2, 0) is 13.0 Å². The monoisotopic (exact) mass is 322 g/mol. The number of H-pyrrole nitrogens is 1. The molecule has 0 saturated carbocycles. The highest BCUT2D eigenvalue weighted by Crippen LogP contribution is 2.09. The van der Waals surface area contributed by atoms with Crippen molar-refractivity contribution in [3.8, 4) is 0 Å². The number of para-hydroxylation sites is 1. The van der Waals surface area contributed by atoms with Crippen LogP contribution in [-0.4, -0.2) is 17.0 Å².